The lowest BCUT2D eigenvalue weighted by Crippen LogP contribution is -2.28. The standard InChI is InChI=1S/C50H32FN3/c51-40-30-29-37-31-42(33-25-27-36(28-26-33)49-53-47(34-15-5-1-6-16-34)52-48(54-49)35-17-7-2-8-18-35)45-41-23-13-14-24-44(41)50(46(45)43(37)32-40,38-19-9-3-10-20-38)39-21-11-4-12-22-39/h1-32H. The zero-order valence-corrected chi connectivity index (χ0v) is 29.2. The lowest BCUT2D eigenvalue weighted by molar-refractivity contribution is 0.629. The molecular formula is C50H32FN3. The van der Waals surface area contributed by atoms with Gasteiger partial charge in [0.15, 0.2) is 17.5 Å². The van der Waals surface area contributed by atoms with Gasteiger partial charge in [-0.2, -0.15) is 0 Å². The number of aromatic nitrogens is 3. The van der Waals surface area contributed by atoms with Gasteiger partial charge in [0, 0.05) is 16.7 Å². The molecule has 254 valence electrons. The van der Waals surface area contributed by atoms with Crippen LogP contribution in [-0.4, -0.2) is 15.0 Å². The van der Waals surface area contributed by atoms with Crippen molar-refractivity contribution in [2.45, 2.75) is 5.41 Å². The molecule has 0 saturated heterocycles. The fourth-order valence-electron chi connectivity index (χ4n) is 8.31. The van der Waals surface area contributed by atoms with E-state index >= 15 is 4.39 Å². The molecule has 0 N–H and O–H groups in total. The van der Waals surface area contributed by atoms with E-state index in [1.165, 1.54) is 5.56 Å². The van der Waals surface area contributed by atoms with Gasteiger partial charge in [-0.3, -0.25) is 0 Å². The largest absolute Gasteiger partial charge is 0.208 e. The summed E-state index contributed by atoms with van der Waals surface area (Å²) in [4.78, 5) is 14.8. The van der Waals surface area contributed by atoms with Crippen LogP contribution in [0.1, 0.15) is 22.3 Å². The van der Waals surface area contributed by atoms with Gasteiger partial charge in [-0.15, -0.1) is 0 Å². The molecule has 0 spiro atoms. The number of hydrogen-bond donors (Lipinski definition) is 0. The molecule has 1 aliphatic carbocycles. The minimum atomic E-state index is -0.678. The van der Waals surface area contributed by atoms with E-state index in [2.05, 4.69) is 115 Å². The summed E-state index contributed by atoms with van der Waals surface area (Å²) < 4.78 is 15.4. The van der Waals surface area contributed by atoms with E-state index in [9.17, 15) is 0 Å². The molecular weight excluding hydrogens is 662 g/mol. The first-order valence-corrected chi connectivity index (χ1v) is 18.1. The van der Waals surface area contributed by atoms with Crippen LogP contribution in [0.25, 0.3) is 67.2 Å². The second-order valence-corrected chi connectivity index (χ2v) is 13.7. The molecule has 0 atom stereocenters. The maximum absolute atomic E-state index is 15.4. The molecule has 1 aliphatic rings. The summed E-state index contributed by atoms with van der Waals surface area (Å²) >= 11 is 0. The highest BCUT2D eigenvalue weighted by Crippen LogP contribution is 2.60. The molecule has 10 rings (SSSR count). The van der Waals surface area contributed by atoms with E-state index in [1.807, 2.05) is 66.7 Å². The SMILES string of the molecule is Fc1ccc2cc(-c3ccc(-c4nc(-c5ccccc5)nc(-c5ccccc5)n4)cc3)c3c(c2c1)C(c1ccccc1)(c1ccccc1)c1ccccc1-3. The molecule has 0 fully saturated rings. The Hall–Kier alpha value is -7.04. The molecule has 1 aromatic heterocycles. The molecule has 4 heteroatoms. The molecule has 54 heavy (non-hydrogen) atoms. The Morgan fingerprint density at radius 2 is 0.852 bits per heavy atom. The van der Waals surface area contributed by atoms with Crippen molar-refractivity contribution >= 4 is 10.8 Å². The third-order valence-corrected chi connectivity index (χ3v) is 10.6. The summed E-state index contributed by atoms with van der Waals surface area (Å²) in [6.07, 6.45) is 0. The number of fused-ring (bicyclic) bond motifs is 5. The molecule has 0 aliphatic heterocycles. The van der Waals surface area contributed by atoms with Crippen molar-refractivity contribution in [2.75, 3.05) is 0 Å². The fraction of sp³-hybridized carbons (Fsp3) is 0.0200. The van der Waals surface area contributed by atoms with Crippen LogP contribution in [0.2, 0.25) is 0 Å². The smallest absolute Gasteiger partial charge is 0.164 e. The van der Waals surface area contributed by atoms with Gasteiger partial charge >= 0.3 is 0 Å². The third-order valence-electron chi connectivity index (χ3n) is 10.6. The van der Waals surface area contributed by atoms with Crippen LogP contribution in [0.4, 0.5) is 4.39 Å². The summed E-state index contributed by atoms with van der Waals surface area (Å²) in [5.74, 6) is 1.59. The zero-order chi connectivity index (χ0) is 36.1. The summed E-state index contributed by atoms with van der Waals surface area (Å²) in [6.45, 7) is 0. The maximum Gasteiger partial charge on any atom is 0.164 e. The first kappa shape index (κ1) is 31.7. The number of benzene rings is 8. The van der Waals surface area contributed by atoms with E-state index in [0.29, 0.717) is 17.5 Å². The molecule has 0 bridgehead atoms. The summed E-state index contributed by atoms with van der Waals surface area (Å²) in [6, 6.07) is 65.9. The third kappa shape index (κ3) is 5.07. The van der Waals surface area contributed by atoms with Crippen LogP contribution < -0.4 is 0 Å². The van der Waals surface area contributed by atoms with Gasteiger partial charge in [0.25, 0.3) is 0 Å². The Balaban J connectivity index is 1.21. The van der Waals surface area contributed by atoms with Gasteiger partial charge in [0.1, 0.15) is 5.82 Å². The van der Waals surface area contributed by atoms with Crippen LogP contribution in [0.15, 0.2) is 194 Å². The van der Waals surface area contributed by atoms with Crippen molar-refractivity contribution in [3.8, 4) is 56.4 Å². The normalized spacial score (nSPS) is 12.7. The highest BCUT2D eigenvalue weighted by molar-refractivity contribution is 6.06. The van der Waals surface area contributed by atoms with Crippen LogP contribution in [0, 0.1) is 5.82 Å². The number of halogens is 1. The predicted octanol–water partition coefficient (Wildman–Crippen LogP) is 12.2. The summed E-state index contributed by atoms with van der Waals surface area (Å²) in [7, 11) is 0. The lowest BCUT2D eigenvalue weighted by Gasteiger charge is -2.35. The predicted molar refractivity (Wildman–Crippen MR) is 216 cm³/mol. The average molecular weight is 694 g/mol. The minimum Gasteiger partial charge on any atom is -0.208 e. The molecule has 3 nitrogen and oxygen atoms in total. The number of nitrogens with zero attached hydrogens (tertiary/aromatic N) is 3. The Kier molecular flexibility index (Phi) is 7.55. The highest BCUT2D eigenvalue weighted by Gasteiger charge is 2.48. The van der Waals surface area contributed by atoms with E-state index in [-0.39, 0.29) is 5.82 Å². The van der Waals surface area contributed by atoms with Crippen molar-refractivity contribution in [2.24, 2.45) is 0 Å². The molecule has 0 unspecified atom stereocenters. The quantitative estimate of drug-likeness (QED) is 0.174. The van der Waals surface area contributed by atoms with Gasteiger partial charge in [-0.05, 0) is 73.5 Å². The van der Waals surface area contributed by atoms with Crippen molar-refractivity contribution < 1.29 is 4.39 Å². The van der Waals surface area contributed by atoms with Gasteiger partial charge < -0.3 is 0 Å². The van der Waals surface area contributed by atoms with Crippen LogP contribution in [-0.2, 0) is 5.41 Å². The molecule has 1 heterocycles. The maximum atomic E-state index is 15.4. The second-order valence-electron chi connectivity index (χ2n) is 13.7. The number of hydrogen-bond acceptors (Lipinski definition) is 3. The fourth-order valence-corrected chi connectivity index (χ4v) is 8.31. The summed E-state index contributed by atoms with van der Waals surface area (Å²) in [5, 5.41) is 1.89. The minimum absolute atomic E-state index is 0.255. The van der Waals surface area contributed by atoms with Crippen LogP contribution in [0.5, 0.6) is 0 Å². The van der Waals surface area contributed by atoms with Gasteiger partial charge in [-0.1, -0.05) is 176 Å². The Morgan fingerprint density at radius 3 is 1.41 bits per heavy atom. The van der Waals surface area contributed by atoms with Crippen molar-refractivity contribution in [3.63, 3.8) is 0 Å². The van der Waals surface area contributed by atoms with Crippen molar-refractivity contribution in [1.82, 2.24) is 15.0 Å². The van der Waals surface area contributed by atoms with Gasteiger partial charge in [0.2, 0.25) is 0 Å². The zero-order valence-electron chi connectivity index (χ0n) is 29.2. The van der Waals surface area contributed by atoms with Crippen molar-refractivity contribution in [1.29, 1.82) is 0 Å². The topological polar surface area (TPSA) is 38.7 Å². The van der Waals surface area contributed by atoms with Crippen LogP contribution in [0.3, 0.4) is 0 Å². The van der Waals surface area contributed by atoms with E-state index in [1.54, 1.807) is 12.1 Å². The first-order chi connectivity index (χ1) is 26.7. The first-order valence-electron chi connectivity index (χ1n) is 18.1. The Bertz CT molecular complexity index is 2710. The molecule has 0 amide bonds. The second kappa shape index (κ2) is 12.9. The molecule has 9 aromatic rings. The van der Waals surface area contributed by atoms with Crippen LogP contribution >= 0.6 is 0 Å². The monoisotopic (exact) mass is 693 g/mol. The lowest BCUT2D eigenvalue weighted by atomic mass is 9.66. The highest BCUT2D eigenvalue weighted by atomic mass is 19.1. The molecule has 8 aromatic carbocycles. The van der Waals surface area contributed by atoms with Gasteiger partial charge in [-0.25, -0.2) is 19.3 Å². The molecule has 0 saturated carbocycles. The van der Waals surface area contributed by atoms with Gasteiger partial charge in [0.05, 0.1) is 5.41 Å². The summed E-state index contributed by atoms with van der Waals surface area (Å²) in [5.41, 5.74) is 11.0. The Morgan fingerprint density at radius 1 is 0.389 bits per heavy atom. The molecule has 0 radical (unpaired) electrons. The Labute approximate surface area is 313 Å². The van der Waals surface area contributed by atoms with E-state index in [4.69, 9.17) is 15.0 Å². The van der Waals surface area contributed by atoms with E-state index in [0.717, 1.165) is 66.4 Å². The van der Waals surface area contributed by atoms with E-state index < -0.39 is 5.41 Å². The van der Waals surface area contributed by atoms with Crippen molar-refractivity contribution in [3.05, 3.63) is 222 Å². The average Bonchev–Trinajstić information content (AvgIpc) is 3.57. The number of rotatable bonds is 6.